The van der Waals surface area contributed by atoms with Crippen LogP contribution in [0.1, 0.15) is 30.0 Å². The number of rotatable bonds is 6. The molecule has 0 amide bonds. The normalized spacial score (nSPS) is 13.9. The molecule has 4 heteroatoms. The molecule has 1 atom stereocenters. The van der Waals surface area contributed by atoms with Crippen LogP contribution < -0.4 is 10.1 Å². The topological polar surface area (TPSA) is 58.6 Å². The van der Waals surface area contributed by atoms with Gasteiger partial charge in [-0.25, -0.2) is 0 Å². The summed E-state index contributed by atoms with van der Waals surface area (Å²) in [5.74, 6) is -0.00890. The summed E-state index contributed by atoms with van der Waals surface area (Å²) in [5.41, 5.74) is 2.41. The van der Waals surface area contributed by atoms with Gasteiger partial charge in [0.15, 0.2) is 0 Å². The molecule has 4 nitrogen and oxygen atoms in total. The summed E-state index contributed by atoms with van der Waals surface area (Å²) in [6.07, 6.45) is 0.408. The van der Waals surface area contributed by atoms with E-state index in [9.17, 15) is 4.79 Å². The molecule has 0 saturated heterocycles. The van der Waals surface area contributed by atoms with Gasteiger partial charge in [0.2, 0.25) is 0 Å². The van der Waals surface area contributed by atoms with Gasteiger partial charge in [-0.3, -0.25) is 4.79 Å². The van der Waals surface area contributed by atoms with Gasteiger partial charge in [0.05, 0.1) is 6.61 Å². The fourth-order valence-electron chi connectivity index (χ4n) is 2.09. The third-order valence-corrected chi connectivity index (χ3v) is 3.48. The van der Waals surface area contributed by atoms with Crippen molar-refractivity contribution in [3.8, 4) is 5.75 Å². The summed E-state index contributed by atoms with van der Waals surface area (Å²) in [6.45, 7) is 8.09. The number of hydrogen-bond donors (Lipinski definition) is 2. The van der Waals surface area contributed by atoms with Crippen LogP contribution in [0.2, 0.25) is 0 Å². The summed E-state index contributed by atoms with van der Waals surface area (Å²) in [6, 6.07) is 4.13. The van der Waals surface area contributed by atoms with Crippen LogP contribution in [0.3, 0.4) is 0 Å². The third kappa shape index (κ3) is 3.70. The highest BCUT2D eigenvalue weighted by Crippen LogP contribution is 2.25. The molecule has 0 aromatic heterocycles. The van der Waals surface area contributed by atoms with E-state index < -0.39 is 11.5 Å². The molecule has 0 fully saturated rings. The van der Waals surface area contributed by atoms with Gasteiger partial charge in [-0.05, 0) is 45.9 Å². The molecule has 0 saturated carbocycles. The molecule has 19 heavy (non-hydrogen) atoms. The smallest absolute Gasteiger partial charge is 0.323 e. The Labute approximate surface area is 114 Å². The van der Waals surface area contributed by atoms with Gasteiger partial charge in [0.25, 0.3) is 0 Å². The van der Waals surface area contributed by atoms with E-state index in [2.05, 4.69) is 17.4 Å². The number of aryl methyl sites for hydroxylation is 3. The highest BCUT2D eigenvalue weighted by Gasteiger charge is 2.30. The number of ether oxygens (including phenoxy) is 1. The quantitative estimate of drug-likeness (QED) is 0.829. The average molecular weight is 265 g/mol. The second-order valence-corrected chi connectivity index (χ2v) is 5.21. The Morgan fingerprint density at radius 2 is 1.84 bits per heavy atom. The SMILES string of the molecule is CNC(C)(CCOc1c(C)cc(C)cc1C)C(=O)O. The molecule has 2 N–H and O–H groups in total. The van der Waals surface area contributed by atoms with Crippen LogP contribution in [-0.2, 0) is 4.79 Å². The van der Waals surface area contributed by atoms with Crippen molar-refractivity contribution < 1.29 is 14.6 Å². The minimum absolute atomic E-state index is 0.369. The van der Waals surface area contributed by atoms with Gasteiger partial charge >= 0.3 is 5.97 Å². The molecular formula is C15H23NO3. The van der Waals surface area contributed by atoms with Gasteiger partial charge in [0, 0.05) is 6.42 Å². The van der Waals surface area contributed by atoms with Crippen LogP contribution >= 0.6 is 0 Å². The first-order chi connectivity index (χ1) is 8.80. The molecule has 0 bridgehead atoms. The molecule has 106 valence electrons. The maximum absolute atomic E-state index is 11.2. The standard InChI is InChI=1S/C15H23NO3/c1-10-8-11(2)13(12(3)9-10)19-7-6-15(4,16-5)14(17)18/h8-9,16H,6-7H2,1-5H3,(H,17,18). The maximum atomic E-state index is 11.2. The van der Waals surface area contributed by atoms with Gasteiger partial charge in [-0.1, -0.05) is 17.7 Å². The molecule has 1 unspecified atom stereocenters. The Morgan fingerprint density at radius 1 is 1.32 bits per heavy atom. The van der Waals surface area contributed by atoms with Gasteiger partial charge in [0.1, 0.15) is 11.3 Å². The summed E-state index contributed by atoms with van der Waals surface area (Å²) in [5, 5.41) is 12.0. The number of hydrogen-bond acceptors (Lipinski definition) is 3. The zero-order valence-corrected chi connectivity index (χ0v) is 12.3. The lowest BCUT2D eigenvalue weighted by Gasteiger charge is -2.24. The Hall–Kier alpha value is -1.55. The van der Waals surface area contributed by atoms with E-state index in [0.29, 0.717) is 13.0 Å². The van der Waals surface area contributed by atoms with Crippen LogP contribution in [0, 0.1) is 20.8 Å². The second kappa shape index (κ2) is 6.06. The number of likely N-dealkylation sites (N-methyl/N-ethyl adjacent to an activating group) is 1. The number of carboxylic acid groups (broad SMARTS) is 1. The minimum Gasteiger partial charge on any atom is -0.493 e. The van der Waals surface area contributed by atoms with Gasteiger partial charge in [-0.15, -0.1) is 0 Å². The van der Waals surface area contributed by atoms with Crippen molar-refractivity contribution in [2.24, 2.45) is 0 Å². The molecule has 0 heterocycles. The van der Waals surface area contributed by atoms with E-state index in [0.717, 1.165) is 16.9 Å². The summed E-state index contributed by atoms with van der Waals surface area (Å²) >= 11 is 0. The van der Waals surface area contributed by atoms with E-state index in [-0.39, 0.29) is 0 Å². The Bertz CT molecular complexity index is 447. The van der Waals surface area contributed by atoms with E-state index in [1.54, 1.807) is 14.0 Å². The lowest BCUT2D eigenvalue weighted by atomic mass is 9.99. The highest BCUT2D eigenvalue weighted by molar-refractivity contribution is 5.78. The van der Waals surface area contributed by atoms with Crippen LogP contribution in [0.15, 0.2) is 12.1 Å². The summed E-state index contributed by atoms with van der Waals surface area (Å²) in [4.78, 5) is 11.2. The largest absolute Gasteiger partial charge is 0.493 e. The van der Waals surface area contributed by atoms with E-state index in [1.165, 1.54) is 5.56 Å². The van der Waals surface area contributed by atoms with Crippen LogP contribution in [0.25, 0.3) is 0 Å². The molecule has 0 aliphatic carbocycles. The van der Waals surface area contributed by atoms with Crippen molar-refractivity contribution in [1.82, 2.24) is 5.32 Å². The van der Waals surface area contributed by atoms with Crippen molar-refractivity contribution >= 4 is 5.97 Å². The van der Waals surface area contributed by atoms with Crippen LogP contribution in [0.5, 0.6) is 5.75 Å². The molecular weight excluding hydrogens is 242 g/mol. The summed E-state index contributed by atoms with van der Waals surface area (Å²) < 4.78 is 5.77. The summed E-state index contributed by atoms with van der Waals surface area (Å²) in [7, 11) is 1.65. The van der Waals surface area contributed by atoms with Gasteiger partial charge in [-0.2, -0.15) is 0 Å². The molecule has 1 aromatic rings. The lowest BCUT2D eigenvalue weighted by molar-refractivity contribution is -0.144. The van der Waals surface area contributed by atoms with E-state index in [4.69, 9.17) is 9.84 Å². The Balaban J connectivity index is 2.71. The van der Waals surface area contributed by atoms with Crippen LogP contribution in [0.4, 0.5) is 0 Å². The van der Waals surface area contributed by atoms with Crippen molar-refractivity contribution in [2.75, 3.05) is 13.7 Å². The van der Waals surface area contributed by atoms with Crippen LogP contribution in [-0.4, -0.2) is 30.3 Å². The Kier molecular flexibility index (Phi) is 4.95. The minimum atomic E-state index is -0.952. The monoisotopic (exact) mass is 265 g/mol. The first-order valence-electron chi connectivity index (χ1n) is 6.43. The zero-order chi connectivity index (χ0) is 14.6. The molecule has 0 aliphatic heterocycles. The van der Waals surface area contributed by atoms with Crippen molar-refractivity contribution in [3.63, 3.8) is 0 Å². The van der Waals surface area contributed by atoms with E-state index >= 15 is 0 Å². The molecule has 1 rings (SSSR count). The molecule has 0 aliphatic rings. The number of benzene rings is 1. The predicted molar refractivity (Wildman–Crippen MR) is 75.9 cm³/mol. The maximum Gasteiger partial charge on any atom is 0.323 e. The highest BCUT2D eigenvalue weighted by atomic mass is 16.5. The lowest BCUT2D eigenvalue weighted by Crippen LogP contribution is -2.48. The fraction of sp³-hybridized carbons (Fsp3) is 0.533. The molecule has 0 radical (unpaired) electrons. The number of carbonyl (C=O) groups is 1. The fourth-order valence-corrected chi connectivity index (χ4v) is 2.09. The van der Waals surface area contributed by atoms with Crippen molar-refractivity contribution in [3.05, 3.63) is 28.8 Å². The number of carboxylic acids is 1. The van der Waals surface area contributed by atoms with Crippen molar-refractivity contribution in [2.45, 2.75) is 39.7 Å². The Morgan fingerprint density at radius 3 is 2.26 bits per heavy atom. The molecule has 0 spiro atoms. The number of aliphatic carboxylic acids is 1. The first kappa shape index (κ1) is 15.5. The van der Waals surface area contributed by atoms with Crippen molar-refractivity contribution in [1.29, 1.82) is 0 Å². The second-order valence-electron chi connectivity index (χ2n) is 5.21. The van der Waals surface area contributed by atoms with E-state index in [1.807, 2.05) is 20.8 Å². The number of nitrogens with one attached hydrogen (secondary N) is 1. The first-order valence-corrected chi connectivity index (χ1v) is 6.43. The van der Waals surface area contributed by atoms with Gasteiger partial charge < -0.3 is 15.2 Å². The predicted octanol–water partition coefficient (Wildman–Crippen LogP) is 2.44. The average Bonchev–Trinajstić information content (AvgIpc) is 2.31. The molecule has 1 aromatic carbocycles. The third-order valence-electron chi connectivity index (χ3n) is 3.48. The zero-order valence-electron chi connectivity index (χ0n) is 12.3.